The highest BCUT2D eigenvalue weighted by molar-refractivity contribution is 9.10. The van der Waals surface area contributed by atoms with E-state index in [4.69, 9.17) is 27.9 Å². The van der Waals surface area contributed by atoms with Crippen molar-refractivity contribution in [3.8, 4) is 5.88 Å². The van der Waals surface area contributed by atoms with E-state index in [1.165, 1.54) is 0 Å². The Morgan fingerprint density at radius 1 is 1.28 bits per heavy atom. The molecule has 25 heavy (non-hydrogen) atoms. The molecule has 1 unspecified atom stereocenters. The van der Waals surface area contributed by atoms with Crippen LogP contribution in [0.5, 0.6) is 5.88 Å². The molecule has 1 aromatic heterocycles. The third-order valence-corrected chi connectivity index (χ3v) is 4.65. The lowest BCUT2D eigenvalue weighted by Gasteiger charge is -2.17. The SMILES string of the molecule is CCN(C)/C=N/c1cc(Br)c(OC(C)c2cc(Cl)cc(Cl)c2)nc1C. The summed E-state index contributed by atoms with van der Waals surface area (Å²) in [5, 5.41) is 1.15. The zero-order chi connectivity index (χ0) is 18.6. The molecular weight excluding hydrogens is 425 g/mol. The molecule has 0 radical (unpaired) electrons. The van der Waals surface area contributed by atoms with E-state index < -0.39 is 0 Å². The number of pyridine rings is 1. The fourth-order valence-electron chi connectivity index (χ4n) is 2.05. The van der Waals surface area contributed by atoms with Crippen LogP contribution < -0.4 is 4.74 Å². The van der Waals surface area contributed by atoms with Gasteiger partial charge in [0.2, 0.25) is 5.88 Å². The highest BCUT2D eigenvalue weighted by atomic mass is 79.9. The molecule has 1 aromatic carbocycles. The molecule has 0 spiro atoms. The van der Waals surface area contributed by atoms with Crippen molar-refractivity contribution in [1.29, 1.82) is 0 Å². The normalized spacial score (nSPS) is 12.4. The smallest absolute Gasteiger partial charge is 0.228 e. The molecule has 0 bridgehead atoms. The van der Waals surface area contributed by atoms with E-state index in [9.17, 15) is 0 Å². The number of hydrogen-bond acceptors (Lipinski definition) is 3. The summed E-state index contributed by atoms with van der Waals surface area (Å²) in [6, 6.07) is 7.25. The molecule has 1 atom stereocenters. The maximum absolute atomic E-state index is 6.06. The second-order valence-corrected chi connectivity index (χ2v) is 7.39. The highest BCUT2D eigenvalue weighted by Crippen LogP contribution is 2.33. The lowest BCUT2D eigenvalue weighted by atomic mass is 10.1. The fourth-order valence-corrected chi connectivity index (χ4v) is 2.99. The summed E-state index contributed by atoms with van der Waals surface area (Å²) < 4.78 is 6.73. The van der Waals surface area contributed by atoms with Gasteiger partial charge in [0.15, 0.2) is 0 Å². The van der Waals surface area contributed by atoms with Gasteiger partial charge in [-0.3, -0.25) is 0 Å². The van der Waals surface area contributed by atoms with E-state index in [1.807, 2.05) is 44.0 Å². The number of nitrogens with zero attached hydrogens (tertiary/aromatic N) is 3. The van der Waals surface area contributed by atoms with Crippen molar-refractivity contribution in [3.63, 3.8) is 0 Å². The van der Waals surface area contributed by atoms with Crippen LogP contribution in [0, 0.1) is 6.92 Å². The van der Waals surface area contributed by atoms with Crippen molar-refractivity contribution in [1.82, 2.24) is 9.88 Å². The van der Waals surface area contributed by atoms with Gasteiger partial charge in [-0.15, -0.1) is 0 Å². The second-order valence-electron chi connectivity index (χ2n) is 5.66. The van der Waals surface area contributed by atoms with Gasteiger partial charge in [-0.2, -0.15) is 0 Å². The average molecular weight is 445 g/mol. The van der Waals surface area contributed by atoms with Crippen LogP contribution in [0.15, 0.2) is 33.7 Å². The van der Waals surface area contributed by atoms with E-state index in [1.54, 1.807) is 12.4 Å². The molecule has 0 N–H and O–H groups in total. The van der Waals surface area contributed by atoms with E-state index >= 15 is 0 Å². The molecule has 2 aromatic rings. The molecule has 0 saturated heterocycles. The highest BCUT2D eigenvalue weighted by Gasteiger charge is 2.14. The predicted molar refractivity (Wildman–Crippen MR) is 109 cm³/mol. The summed E-state index contributed by atoms with van der Waals surface area (Å²) in [4.78, 5) is 11.0. The van der Waals surface area contributed by atoms with Crippen LogP contribution in [-0.2, 0) is 0 Å². The maximum atomic E-state index is 6.06. The Balaban J connectivity index is 2.22. The summed E-state index contributed by atoms with van der Waals surface area (Å²) in [6.07, 6.45) is 1.54. The van der Waals surface area contributed by atoms with Crippen LogP contribution >= 0.6 is 39.1 Å². The third kappa shape index (κ3) is 5.59. The topological polar surface area (TPSA) is 37.7 Å². The van der Waals surface area contributed by atoms with Crippen molar-refractivity contribution in [2.24, 2.45) is 4.99 Å². The van der Waals surface area contributed by atoms with Crippen molar-refractivity contribution in [2.45, 2.75) is 26.9 Å². The van der Waals surface area contributed by atoms with Gasteiger partial charge in [-0.25, -0.2) is 9.98 Å². The first-order valence-electron chi connectivity index (χ1n) is 7.84. The number of aliphatic imine (C=N–C) groups is 1. The zero-order valence-electron chi connectivity index (χ0n) is 14.6. The van der Waals surface area contributed by atoms with Gasteiger partial charge in [0.25, 0.3) is 0 Å². The number of aryl methyl sites for hydroxylation is 1. The molecule has 0 aliphatic rings. The van der Waals surface area contributed by atoms with Gasteiger partial charge in [-0.05, 0) is 66.5 Å². The van der Waals surface area contributed by atoms with Crippen molar-refractivity contribution in [3.05, 3.63) is 50.0 Å². The first-order valence-corrected chi connectivity index (χ1v) is 9.39. The number of ether oxygens (including phenoxy) is 1. The molecule has 134 valence electrons. The van der Waals surface area contributed by atoms with Gasteiger partial charge in [0.05, 0.1) is 22.2 Å². The Labute approximate surface area is 167 Å². The van der Waals surface area contributed by atoms with E-state index in [0.29, 0.717) is 15.9 Å². The first-order chi connectivity index (χ1) is 11.8. The van der Waals surface area contributed by atoms with Crippen molar-refractivity contribution >= 4 is 51.2 Å². The standard InChI is InChI=1S/C18H20BrCl2N3O/c1-5-24(4)10-22-17-9-16(19)18(23-11(17)2)25-12(3)13-6-14(20)8-15(21)7-13/h6-10,12H,5H2,1-4H3/b22-10+. The van der Waals surface area contributed by atoms with Crippen LogP contribution in [0.1, 0.15) is 31.2 Å². The molecule has 0 aliphatic heterocycles. The van der Waals surface area contributed by atoms with E-state index in [0.717, 1.165) is 28.0 Å². The molecule has 0 amide bonds. The lowest BCUT2D eigenvalue weighted by molar-refractivity contribution is 0.215. The second kappa shape index (κ2) is 8.88. The quantitative estimate of drug-likeness (QED) is 0.392. The molecule has 4 nitrogen and oxygen atoms in total. The monoisotopic (exact) mass is 443 g/mol. The minimum Gasteiger partial charge on any atom is -0.469 e. The van der Waals surface area contributed by atoms with Gasteiger partial charge < -0.3 is 9.64 Å². The van der Waals surface area contributed by atoms with Gasteiger partial charge in [0, 0.05) is 23.6 Å². The molecular formula is C18H20BrCl2N3O. The predicted octanol–water partition coefficient (Wildman–Crippen LogP) is 6.21. The minimum atomic E-state index is -0.250. The molecule has 7 heteroatoms. The van der Waals surface area contributed by atoms with Crippen molar-refractivity contribution in [2.75, 3.05) is 13.6 Å². The van der Waals surface area contributed by atoms with Gasteiger partial charge in [-0.1, -0.05) is 23.2 Å². The Hall–Kier alpha value is -1.30. The van der Waals surface area contributed by atoms with Crippen molar-refractivity contribution < 1.29 is 4.74 Å². The molecule has 0 fully saturated rings. The number of aromatic nitrogens is 1. The summed E-state index contributed by atoms with van der Waals surface area (Å²) >= 11 is 15.6. The Kier molecular flexibility index (Phi) is 7.11. The number of rotatable bonds is 6. The Morgan fingerprint density at radius 3 is 2.52 bits per heavy atom. The molecule has 0 aliphatic carbocycles. The average Bonchev–Trinajstić information content (AvgIpc) is 2.55. The molecule has 0 saturated carbocycles. The van der Waals surface area contributed by atoms with Crippen LogP contribution in [0.3, 0.4) is 0 Å². The lowest BCUT2D eigenvalue weighted by Crippen LogP contribution is -2.14. The largest absolute Gasteiger partial charge is 0.469 e. The third-order valence-electron chi connectivity index (χ3n) is 3.64. The van der Waals surface area contributed by atoms with Crippen LogP contribution in [-0.4, -0.2) is 29.8 Å². The summed E-state index contributed by atoms with van der Waals surface area (Å²) in [6.45, 7) is 6.78. The minimum absolute atomic E-state index is 0.250. The fraction of sp³-hybridized carbons (Fsp3) is 0.333. The van der Waals surface area contributed by atoms with Crippen LogP contribution in [0.4, 0.5) is 5.69 Å². The van der Waals surface area contributed by atoms with Gasteiger partial charge >= 0.3 is 0 Å². The summed E-state index contributed by atoms with van der Waals surface area (Å²) in [5.74, 6) is 0.504. The number of benzene rings is 1. The Bertz CT molecular complexity index is 763. The number of hydrogen-bond donors (Lipinski definition) is 0. The van der Waals surface area contributed by atoms with Gasteiger partial charge in [0.1, 0.15) is 6.10 Å². The maximum Gasteiger partial charge on any atom is 0.228 e. The van der Waals surface area contributed by atoms with Crippen LogP contribution in [0.25, 0.3) is 0 Å². The van der Waals surface area contributed by atoms with E-state index in [2.05, 4.69) is 32.8 Å². The number of halogens is 3. The zero-order valence-corrected chi connectivity index (χ0v) is 17.7. The first kappa shape index (κ1) is 20.0. The van der Waals surface area contributed by atoms with E-state index in [-0.39, 0.29) is 6.10 Å². The molecule has 1 heterocycles. The summed E-state index contributed by atoms with van der Waals surface area (Å²) in [5.41, 5.74) is 2.46. The summed E-state index contributed by atoms with van der Waals surface area (Å²) in [7, 11) is 1.97. The molecule has 2 rings (SSSR count). The Morgan fingerprint density at radius 2 is 1.92 bits per heavy atom. The van der Waals surface area contributed by atoms with Crippen LogP contribution in [0.2, 0.25) is 10.0 Å².